The van der Waals surface area contributed by atoms with Crippen LogP contribution in [0.25, 0.3) is 11.3 Å². The molecule has 0 radical (unpaired) electrons. The number of hydrogen-bond donors (Lipinski definition) is 2. The van der Waals surface area contributed by atoms with E-state index >= 15 is 0 Å². The Hall–Kier alpha value is -2.21. The first-order chi connectivity index (χ1) is 8.97. The lowest BCUT2D eigenvalue weighted by molar-refractivity contribution is -0.138. The molecule has 0 bridgehead atoms. The van der Waals surface area contributed by atoms with Crippen LogP contribution in [0.1, 0.15) is 5.76 Å². The minimum Gasteiger partial charge on any atom is -0.480 e. The third-order valence-corrected chi connectivity index (χ3v) is 2.60. The van der Waals surface area contributed by atoms with E-state index in [1.165, 1.54) is 18.2 Å². The molecule has 3 N–H and O–H groups in total. The number of carbonyl (C=O) groups is 1. The highest BCUT2D eigenvalue weighted by atomic mass is 19.1. The molecule has 1 atom stereocenters. The molecule has 100 valence electrons. The summed E-state index contributed by atoms with van der Waals surface area (Å²) in [4.78, 5) is 10.6. The van der Waals surface area contributed by atoms with Crippen LogP contribution in [-0.4, -0.2) is 17.1 Å². The van der Waals surface area contributed by atoms with Crippen LogP contribution in [0.3, 0.4) is 0 Å². The topological polar surface area (TPSA) is 76.5 Å². The molecule has 0 spiro atoms. The monoisotopic (exact) mass is 267 g/mol. The number of nitrogens with two attached hydrogens (primary N) is 1. The lowest BCUT2D eigenvalue weighted by atomic mass is 10.1. The van der Waals surface area contributed by atoms with Crippen LogP contribution >= 0.6 is 0 Å². The maximum absolute atomic E-state index is 13.5. The molecule has 2 aromatic rings. The smallest absolute Gasteiger partial charge is 0.320 e. The van der Waals surface area contributed by atoms with Crippen molar-refractivity contribution in [2.24, 2.45) is 5.73 Å². The van der Waals surface area contributed by atoms with Gasteiger partial charge in [0.05, 0.1) is 5.56 Å². The summed E-state index contributed by atoms with van der Waals surface area (Å²) in [5.41, 5.74) is 5.47. The molecule has 1 heterocycles. The van der Waals surface area contributed by atoms with Crippen LogP contribution in [0.5, 0.6) is 0 Å². The van der Waals surface area contributed by atoms with Crippen LogP contribution in [0.15, 0.2) is 34.7 Å². The largest absolute Gasteiger partial charge is 0.480 e. The van der Waals surface area contributed by atoms with Crippen LogP contribution in [-0.2, 0) is 11.2 Å². The van der Waals surface area contributed by atoms with Gasteiger partial charge in [-0.25, -0.2) is 8.78 Å². The average Bonchev–Trinajstić information content (AvgIpc) is 2.77. The Morgan fingerprint density at radius 1 is 1.32 bits per heavy atom. The number of benzene rings is 1. The molecule has 19 heavy (non-hydrogen) atoms. The number of carboxylic acids is 1. The van der Waals surface area contributed by atoms with E-state index in [1.807, 2.05) is 0 Å². The van der Waals surface area contributed by atoms with Gasteiger partial charge in [-0.1, -0.05) is 0 Å². The van der Waals surface area contributed by atoms with E-state index in [0.29, 0.717) is 5.76 Å². The van der Waals surface area contributed by atoms with Gasteiger partial charge in [0.15, 0.2) is 0 Å². The third kappa shape index (κ3) is 2.97. The summed E-state index contributed by atoms with van der Waals surface area (Å²) in [5, 5.41) is 8.67. The van der Waals surface area contributed by atoms with Gasteiger partial charge < -0.3 is 15.3 Å². The first-order valence-corrected chi connectivity index (χ1v) is 5.50. The standard InChI is InChI=1S/C13H11F2NO3/c14-7-1-3-9(10(15)5-7)12-4-2-8(19-12)6-11(16)13(17)18/h1-5,11H,6,16H2,(H,17,18). The van der Waals surface area contributed by atoms with Gasteiger partial charge in [0, 0.05) is 12.5 Å². The molecule has 0 fully saturated rings. The summed E-state index contributed by atoms with van der Waals surface area (Å²) in [6.07, 6.45) is -0.00184. The number of hydrogen-bond acceptors (Lipinski definition) is 3. The second-order valence-electron chi connectivity index (χ2n) is 4.04. The molecule has 6 heteroatoms. The van der Waals surface area contributed by atoms with Gasteiger partial charge in [0.2, 0.25) is 0 Å². The van der Waals surface area contributed by atoms with E-state index < -0.39 is 23.6 Å². The molecule has 0 aliphatic rings. The second-order valence-corrected chi connectivity index (χ2v) is 4.04. The van der Waals surface area contributed by atoms with Crippen LogP contribution in [0.4, 0.5) is 8.78 Å². The van der Waals surface area contributed by atoms with Crippen molar-refractivity contribution in [3.63, 3.8) is 0 Å². The maximum Gasteiger partial charge on any atom is 0.320 e. The van der Waals surface area contributed by atoms with E-state index in [-0.39, 0.29) is 17.7 Å². The number of rotatable bonds is 4. The van der Waals surface area contributed by atoms with Gasteiger partial charge in [0.1, 0.15) is 29.2 Å². The molecule has 1 aromatic heterocycles. The number of furan rings is 1. The molecule has 0 aliphatic heterocycles. The summed E-state index contributed by atoms with van der Waals surface area (Å²) in [6, 6.07) is 5.03. The normalized spacial score (nSPS) is 12.4. The van der Waals surface area contributed by atoms with Gasteiger partial charge in [-0.2, -0.15) is 0 Å². The number of aliphatic carboxylic acids is 1. The fourth-order valence-electron chi connectivity index (χ4n) is 1.63. The van der Waals surface area contributed by atoms with Crippen molar-refractivity contribution in [1.82, 2.24) is 0 Å². The van der Waals surface area contributed by atoms with E-state index in [9.17, 15) is 13.6 Å². The molecule has 0 amide bonds. The zero-order valence-electron chi connectivity index (χ0n) is 9.77. The van der Waals surface area contributed by atoms with Crippen molar-refractivity contribution in [1.29, 1.82) is 0 Å². The molecule has 2 rings (SSSR count). The number of carboxylic acid groups (broad SMARTS) is 1. The molecule has 1 unspecified atom stereocenters. The van der Waals surface area contributed by atoms with Gasteiger partial charge in [-0.15, -0.1) is 0 Å². The van der Waals surface area contributed by atoms with E-state index in [2.05, 4.69) is 0 Å². The predicted molar refractivity (Wildman–Crippen MR) is 63.4 cm³/mol. The van der Waals surface area contributed by atoms with Crippen LogP contribution < -0.4 is 5.73 Å². The zero-order chi connectivity index (χ0) is 14.0. The van der Waals surface area contributed by atoms with Crippen molar-refractivity contribution in [2.45, 2.75) is 12.5 Å². The van der Waals surface area contributed by atoms with Crippen molar-refractivity contribution < 1.29 is 23.1 Å². The van der Waals surface area contributed by atoms with Crippen LogP contribution in [0, 0.1) is 11.6 Å². The quantitative estimate of drug-likeness (QED) is 0.890. The highest BCUT2D eigenvalue weighted by Crippen LogP contribution is 2.25. The zero-order valence-corrected chi connectivity index (χ0v) is 9.77. The van der Waals surface area contributed by atoms with Gasteiger partial charge in [-0.3, -0.25) is 4.79 Å². The summed E-state index contributed by atoms with van der Waals surface area (Å²) < 4.78 is 31.6. The predicted octanol–water partition coefficient (Wildman–Crippen LogP) is 2.18. The second kappa shape index (κ2) is 5.19. The maximum atomic E-state index is 13.5. The summed E-state index contributed by atoms with van der Waals surface area (Å²) in [6.45, 7) is 0. The fourth-order valence-corrected chi connectivity index (χ4v) is 1.63. The lowest BCUT2D eigenvalue weighted by Gasteiger charge is -2.03. The Morgan fingerprint density at radius 2 is 2.05 bits per heavy atom. The first-order valence-electron chi connectivity index (χ1n) is 5.50. The minimum absolute atomic E-state index is 0.00184. The third-order valence-electron chi connectivity index (χ3n) is 2.60. The Bertz CT molecular complexity index is 610. The SMILES string of the molecule is NC(Cc1ccc(-c2ccc(F)cc2F)o1)C(=O)O. The van der Waals surface area contributed by atoms with Crippen molar-refractivity contribution in [3.05, 3.63) is 47.7 Å². The van der Waals surface area contributed by atoms with Crippen molar-refractivity contribution in [2.75, 3.05) is 0 Å². The molecule has 1 aromatic carbocycles. The molecular formula is C13H11F2NO3. The highest BCUT2D eigenvalue weighted by molar-refractivity contribution is 5.73. The van der Waals surface area contributed by atoms with Gasteiger partial charge in [-0.05, 0) is 24.3 Å². The Kier molecular flexibility index (Phi) is 3.62. The Balaban J connectivity index is 2.23. The van der Waals surface area contributed by atoms with Crippen LogP contribution in [0.2, 0.25) is 0 Å². The highest BCUT2D eigenvalue weighted by Gasteiger charge is 2.16. The molecule has 4 nitrogen and oxygen atoms in total. The molecule has 0 aliphatic carbocycles. The van der Waals surface area contributed by atoms with Crippen molar-refractivity contribution in [3.8, 4) is 11.3 Å². The molecule has 0 saturated heterocycles. The van der Waals surface area contributed by atoms with Gasteiger partial charge in [0.25, 0.3) is 0 Å². The molecule has 0 saturated carbocycles. The van der Waals surface area contributed by atoms with E-state index in [1.54, 1.807) is 0 Å². The summed E-state index contributed by atoms with van der Waals surface area (Å²) >= 11 is 0. The Labute approximate surface area is 107 Å². The number of halogens is 2. The average molecular weight is 267 g/mol. The summed E-state index contributed by atoms with van der Waals surface area (Å²) in [7, 11) is 0. The van der Waals surface area contributed by atoms with Gasteiger partial charge >= 0.3 is 5.97 Å². The van der Waals surface area contributed by atoms with E-state index in [0.717, 1.165) is 12.1 Å². The summed E-state index contributed by atoms with van der Waals surface area (Å²) in [5.74, 6) is -2.05. The Morgan fingerprint density at radius 3 is 2.68 bits per heavy atom. The fraction of sp³-hybridized carbons (Fsp3) is 0.154. The lowest BCUT2D eigenvalue weighted by Crippen LogP contribution is -2.32. The first kappa shape index (κ1) is 13.2. The van der Waals surface area contributed by atoms with Crippen molar-refractivity contribution >= 4 is 5.97 Å². The minimum atomic E-state index is -1.15. The molecular weight excluding hydrogens is 256 g/mol. The van der Waals surface area contributed by atoms with E-state index in [4.69, 9.17) is 15.3 Å².